The van der Waals surface area contributed by atoms with E-state index < -0.39 is 0 Å². The molecular formula is C19H24FN5OS. The predicted octanol–water partition coefficient (Wildman–Crippen LogP) is 2.67. The molecule has 3 N–H and O–H groups in total. The highest BCUT2D eigenvalue weighted by Crippen LogP contribution is 2.27. The average Bonchev–Trinajstić information content (AvgIpc) is 3.33. The molecule has 1 aromatic carbocycles. The molecular weight excluding hydrogens is 365 g/mol. The number of hydrogen-bond donors (Lipinski definition) is 3. The minimum Gasteiger partial charge on any atom is -0.302 e. The minimum atomic E-state index is -0.287. The fraction of sp³-hybridized carbons (Fsp3) is 0.474. The number of carbonyl (C=O) groups is 1. The summed E-state index contributed by atoms with van der Waals surface area (Å²) >= 11 is 1.46. The quantitative estimate of drug-likeness (QED) is 0.734. The number of likely N-dealkylation sites (tertiary alicyclic amines) is 1. The van der Waals surface area contributed by atoms with Gasteiger partial charge in [0.25, 0.3) is 0 Å². The van der Waals surface area contributed by atoms with E-state index in [0.29, 0.717) is 11.7 Å². The van der Waals surface area contributed by atoms with Crippen LogP contribution in [0.1, 0.15) is 36.6 Å². The van der Waals surface area contributed by atoms with Crippen molar-refractivity contribution >= 4 is 22.4 Å². The van der Waals surface area contributed by atoms with Gasteiger partial charge in [0.15, 0.2) is 5.13 Å². The van der Waals surface area contributed by atoms with Crippen molar-refractivity contribution in [2.24, 2.45) is 5.92 Å². The van der Waals surface area contributed by atoms with Crippen molar-refractivity contribution < 1.29 is 9.18 Å². The van der Waals surface area contributed by atoms with Gasteiger partial charge in [-0.2, -0.15) is 0 Å². The lowest BCUT2D eigenvalue weighted by molar-refractivity contribution is -0.119. The van der Waals surface area contributed by atoms with Crippen molar-refractivity contribution in [3.05, 3.63) is 46.7 Å². The molecule has 2 unspecified atom stereocenters. The average molecular weight is 390 g/mol. The van der Waals surface area contributed by atoms with Gasteiger partial charge in [0.05, 0.1) is 17.7 Å². The number of benzene rings is 1. The standard InChI is InChI=1S/C19H24FN5OS/c20-14-6-4-13(5-7-14)17-16(10-21-24-17)18(26)23-19-22-15(12-27-19)11-25-8-2-1-3-9-25/h4-7,12,16-17,21,24H,1-3,8-11H2,(H,22,23,26). The maximum atomic E-state index is 13.2. The first-order chi connectivity index (χ1) is 13.2. The van der Waals surface area contributed by atoms with Gasteiger partial charge in [-0.25, -0.2) is 14.8 Å². The van der Waals surface area contributed by atoms with Gasteiger partial charge in [-0.05, 0) is 43.6 Å². The van der Waals surface area contributed by atoms with Crippen molar-refractivity contribution in [2.75, 3.05) is 25.0 Å². The number of amides is 1. The number of halogens is 1. The number of piperidine rings is 1. The molecule has 1 aromatic heterocycles. The molecule has 2 atom stereocenters. The van der Waals surface area contributed by atoms with Crippen LogP contribution in [-0.4, -0.2) is 35.4 Å². The molecule has 0 bridgehead atoms. The third-order valence-corrected chi connectivity index (χ3v) is 5.97. The smallest absolute Gasteiger partial charge is 0.232 e. The third kappa shape index (κ3) is 4.52. The number of hydrazine groups is 1. The molecule has 6 nitrogen and oxygen atoms in total. The highest BCUT2D eigenvalue weighted by atomic mass is 32.1. The molecule has 4 rings (SSSR count). The molecule has 0 spiro atoms. The Bertz CT molecular complexity index is 775. The Labute approximate surface area is 162 Å². The molecule has 2 saturated heterocycles. The van der Waals surface area contributed by atoms with E-state index in [9.17, 15) is 9.18 Å². The molecule has 2 aliphatic rings. The van der Waals surface area contributed by atoms with Gasteiger partial charge in [-0.3, -0.25) is 15.1 Å². The lowest BCUT2D eigenvalue weighted by atomic mass is 9.94. The van der Waals surface area contributed by atoms with Crippen LogP contribution in [-0.2, 0) is 11.3 Å². The Kier molecular flexibility index (Phi) is 5.77. The van der Waals surface area contributed by atoms with Crippen LogP contribution in [0.2, 0.25) is 0 Å². The second kappa shape index (κ2) is 8.43. The topological polar surface area (TPSA) is 69.3 Å². The SMILES string of the molecule is O=C(Nc1nc(CN2CCCCC2)cs1)C1CNNC1c1ccc(F)cc1. The summed E-state index contributed by atoms with van der Waals surface area (Å²) < 4.78 is 13.2. The van der Waals surface area contributed by atoms with Crippen molar-refractivity contribution in [1.29, 1.82) is 0 Å². The number of aromatic nitrogens is 1. The van der Waals surface area contributed by atoms with Crippen LogP contribution in [0.25, 0.3) is 0 Å². The van der Waals surface area contributed by atoms with E-state index in [2.05, 4.69) is 26.1 Å². The van der Waals surface area contributed by atoms with E-state index in [1.807, 2.05) is 5.38 Å². The van der Waals surface area contributed by atoms with Gasteiger partial charge < -0.3 is 5.32 Å². The first-order valence-corrected chi connectivity index (χ1v) is 10.3. The monoisotopic (exact) mass is 389 g/mol. The van der Waals surface area contributed by atoms with Crippen LogP contribution in [0.5, 0.6) is 0 Å². The molecule has 1 amide bonds. The van der Waals surface area contributed by atoms with E-state index in [1.165, 1.54) is 42.7 Å². The molecule has 3 heterocycles. The fourth-order valence-electron chi connectivity index (χ4n) is 3.71. The van der Waals surface area contributed by atoms with Crippen molar-refractivity contribution in [2.45, 2.75) is 31.8 Å². The summed E-state index contributed by atoms with van der Waals surface area (Å²) in [4.78, 5) is 19.8. The van der Waals surface area contributed by atoms with Gasteiger partial charge in [-0.1, -0.05) is 18.6 Å². The van der Waals surface area contributed by atoms with Gasteiger partial charge in [0.2, 0.25) is 5.91 Å². The van der Waals surface area contributed by atoms with Crippen molar-refractivity contribution in [3.63, 3.8) is 0 Å². The summed E-state index contributed by atoms with van der Waals surface area (Å²) in [6.07, 6.45) is 3.81. The molecule has 27 heavy (non-hydrogen) atoms. The lowest BCUT2D eigenvalue weighted by Gasteiger charge is -2.25. The molecule has 0 saturated carbocycles. The Morgan fingerprint density at radius 2 is 2.04 bits per heavy atom. The second-order valence-corrected chi connectivity index (χ2v) is 7.99. The summed E-state index contributed by atoms with van der Waals surface area (Å²) in [6.45, 7) is 3.60. The largest absolute Gasteiger partial charge is 0.302 e. The summed E-state index contributed by atoms with van der Waals surface area (Å²) in [5.74, 6) is -0.652. The number of carbonyl (C=O) groups excluding carboxylic acids is 1. The summed E-state index contributed by atoms with van der Waals surface area (Å²) in [6, 6.07) is 6.05. The van der Waals surface area contributed by atoms with Gasteiger partial charge in [0.1, 0.15) is 5.82 Å². The highest BCUT2D eigenvalue weighted by Gasteiger charge is 2.34. The predicted molar refractivity (Wildman–Crippen MR) is 104 cm³/mol. The van der Waals surface area contributed by atoms with E-state index in [0.717, 1.165) is 30.9 Å². The maximum absolute atomic E-state index is 13.2. The molecule has 2 aliphatic heterocycles. The van der Waals surface area contributed by atoms with E-state index in [4.69, 9.17) is 0 Å². The molecule has 2 aromatic rings. The number of nitrogens with one attached hydrogen (secondary N) is 3. The number of anilines is 1. The number of nitrogens with zero attached hydrogens (tertiary/aromatic N) is 2. The van der Waals surface area contributed by atoms with Gasteiger partial charge in [0, 0.05) is 18.5 Å². The van der Waals surface area contributed by atoms with Crippen LogP contribution >= 0.6 is 11.3 Å². The number of thiazole rings is 1. The Balaban J connectivity index is 1.37. The normalized spacial score (nSPS) is 23.4. The zero-order valence-electron chi connectivity index (χ0n) is 15.1. The van der Waals surface area contributed by atoms with Gasteiger partial charge in [-0.15, -0.1) is 11.3 Å². The van der Waals surface area contributed by atoms with Gasteiger partial charge >= 0.3 is 0 Å². The van der Waals surface area contributed by atoms with E-state index >= 15 is 0 Å². The molecule has 144 valence electrons. The summed E-state index contributed by atoms with van der Waals surface area (Å²) in [7, 11) is 0. The molecule has 2 fully saturated rings. The van der Waals surface area contributed by atoms with Crippen LogP contribution < -0.4 is 16.2 Å². The number of hydrogen-bond acceptors (Lipinski definition) is 6. The Morgan fingerprint density at radius 3 is 2.81 bits per heavy atom. The molecule has 0 aliphatic carbocycles. The van der Waals surface area contributed by atoms with Crippen LogP contribution in [0, 0.1) is 11.7 Å². The van der Waals surface area contributed by atoms with E-state index in [1.54, 1.807) is 12.1 Å². The highest BCUT2D eigenvalue weighted by molar-refractivity contribution is 7.13. The summed E-state index contributed by atoms with van der Waals surface area (Å²) in [5.41, 5.74) is 8.04. The Hall–Kier alpha value is -1.87. The molecule has 8 heteroatoms. The summed E-state index contributed by atoms with van der Waals surface area (Å²) in [5, 5.41) is 5.61. The maximum Gasteiger partial charge on any atom is 0.232 e. The molecule has 0 radical (unpaired) electrons. The lowest BCUT2D eigenvalue weighted by Crippen LogP contribution is -2.30. The number of rotatable bonds is 5. The van der Waals surface area contributed by atoms with Crippen LogP contribution in [0.4, 0.5) is 9.52 Å². The fourth-order valence-corrected chi connectivity index (χ4v) is 4.41. The van der Waals surface area contributed by atoms with E-state index in [-0.39, 0.29) is 23.7 Å². The first kappa shape index (κ1) is 18.5. The first-order valence-electron chi connectivity index (χ1n) is 9.40. The zero-order valence-corrected chi connectivity index (χ0v) is 15.9. The van der Waals surface area contributed by atoms with Crippen molar-refractivity contribution in [3.8, 4) is 0 Å². The third-order valence-electron chi connectivity index (χ3n) is 5.16. The van der Waals surface area contributed by atoms with Crippen molar-refractivity contribution in [1.82, 2.24) is 20.7 Å². The minimum absolute atomic E-state index is 0.0827. The van der Waals surface area contributed by atoms with Crippen LogP contribution in [0.15, 0.2) is 29.6 Å². The Morgan fingerprint density at radius 1 is 1.26 bits per heavy atom. The zero-order chi connectivity index (χ0) is 18.6. The van der Waals surface area contributed by atoms with Crippen LogP contribution in [0.3, 0.4) is 0 Å². The second-order valence-electron chi connectivity index (χ2n) is 7.13.